The summed E-state index contributed by atoms with van der Waals surface area (Å²) in [7, 11) is -0.412. The van der Waals surface area contributed by atoms with Gasteiger partial charge in [-0.2, -0.15) is 0 Å². The number of nitrogens with zero attached hydrogens (tertiary/aromatic N) is 1. The van der Waals surface area contributed by atoms with Gasteiger partial charge in [0.1, 0.15) is 5.52 Å². The summed E-state index contributed by atoms with van der Waals surface area (Å²) in [5, 5.41) is 0.683. The van der Waals surface area contributed by atoms with E-state index >= 15 is 0 Å². The molecule has 1 aliphatic rings. The first kappa shape index (κ1) is 16.6. The Bertz CT molecular complexity index is 917. The number of halogens is 1. The van der Waals surface area contributed by atoms with E-state index in [1.165, 1.54) is 0 Å². The Labute approximate surface area is 152 Å². The van der Waals surface area contributed by atoms with Gasteiger partial charge in [0.05, 0.1) is 11.2 Å². The third-order valence-electron chi connectivity index (χ3n) is 5.03. The van der Waals surface area contributed by atoms with Crippen LogP contribution in [0.4, 0.5) is 0 Å². The molecular formula is C19H19BClNO3. The maximum atomic E-state index is 6.11. The van der Waals surface area contributed by atoms with E-state index in [9.17, 15) is 0 Å². The molecule has 1 aromatic heterocycles. The van der Waals surface area contributed by atoms with Crippen LogP contribution in [0.15, 0.2) is 46.9 Å². The second-order valence-electron chi connectivity index (χ2n) is 7.34. The van der Waals surface area contributed by atoms with Crippen molar-refractivity contribution < 1.29 is 13.7 Å². The monoisotopic (exact) mass is 355 g/mol. The van der Waals surface area contributed by atoms with E-state index in [1.54, 1.807) is 0 Å². The summed E-state index contributed by atoms with van der Waals surface area (Å²) in [4.78, 5) is 4.60. The molecule has 25 heavy (non-hydrogen) atoms. The van der Waals surface area contributed by atoms with Crippen molar-refractivity contribution >= 4 is 35.3 Å². The van der Waals surface area contributed by atoms with Crippen molar-refractivity contribution in [2.24, 2.45) is 0 Å². The highest BCUT2D eigenvalue weighted by Crippen LogP contribution is 2.36. The molecule has 0 unspecified atom stereocenters. The summed E-state index contributed by atoms with van der Waals surface area (Å²) in [5.41, 5.74) is 2.58. The van der Waals surface area contributed by atoms with Crippen LogP contribution < -0.4 is 5.46 Å². The Morgan fingerprint density at radius 3 is 2.20 bits per heavy atom. The minimum absolute atomic E-state index is 0.370. The molecule has 0 amide bonds. The summed E-state index contributed by atoms with van der Waals surface area (Å²) >= 11 is 5.94. The van der Waals surface area contributed by atoms with Crippen LogP contribution in [0, 0.1) is 0 Å². The van der Waals surface area contributed by atoms with Gasteiger partial charge >= 0.3 is 7.12 Å². The molecule has 4 rings (SSSR count). The zero-order valence-electron chi connectivity index (χ0n) is 14.7. The van der Waals surface area contributed by atoms with Gasteiger partial charge in [0.25, 0.3) is 0 Å². The SMILES string of the molecule is CC1(C)OB(c2ccc3oc(-c4ccc(Cl)cc4)nc3c2)OC1(C)C. The van der Waals surface area contributed by atoms with Gasteiger partial charge in [0.2, 0.25) is 5.89 Å². The molecule has 0 N–H and O–H groups in total. The third-order valence-corrected chi connectivity index (χ3v) is 5.28. The van der Waals surface area contributed by atoms with Crippen molar-refractivity contribution in [2.45, 2.75) is 38.9 Å². The van der Waals surface area contributed by atoms with Gasteiger partial charge < -0.3 is 13.7 Å². The van der Waals surface area contributed by atoms with Gasteiger partial charge in [-0.1, -0.05) is 17.7 Å². The first-order chi connectivity index (χ1) is 11.7. The predicted octanol–water partition coefficient (Wildman–Crippen LogP) is 4.45. The van der Waals surface area contributed by atoms with Crippen LogP contribution in [-0.4, -0.2) is 23.3 Å². The molecule has 1 aliphatic heterocycles. The van der Waals surface area contributed by atoms with E-state index in [0.29, 0.717) is 10.9 Å². The topological polar surface area (TPSA) is 44.5 Å². The maximum absolute atomic E-state index is 6.11. The van der Waals surface area contributed by atoms with Crippen LogP contribution in [0.5, 0.6) is 0 Å². The molecule has 0 aliphatic carbocycles. The highest BCUT2D eigenvalue weighted by Gasteiger charge is 2.51. The third kappa shape index (κ3) is 2.86. The van der Waals surface area contributed by atoms with Crippen LogP contribution in [0.1, 0.15) is 27.7 Å². The van der Waals surface area contributed by atoms with Crippen LogP contribution >= 0.6 is 11.6 Å². The average molecular weight is 356 g/mol. The molecule has 3 aromatic rings. The molecule has 1 fully saturated rings. The lowest BCUT2D eigenvalue weighted by atomic mass is 9.79. The van der Waals surface area contributed by atoms with Crippen molar-refractivity contribution in [1.29, 1.82) is 0 Å². The number of hydrogen-bond donors (Lipinski definition) is 0. The second kappa shape index (κ2) is 5.59. The fourth-order valence-corrected chi connectivity index (χ4v) is 2.91. The van der Waals surface area contributed by atoms with Gasteiger partial charge in [0.15, 0.2) is 5.58 Å². The number of fused-ring (bicyclic) bond motifs is 1. The Balaban J connectivity index is 1.68. The van der Waals surface area contributed by atoms with Gasteiger partial charge in [-0.05, 0) is 69.6 Å². The van der Waals surface area contributed by atoms with Crippen molar-refractivity contribution in [3.8, 4) is 11.5 Å². The summed E-state index contributed by atoms with van der Waals surface area (Å²) in [6.45, 7) is 8.17. The molecule has 0 bridgehead atoms. The summed E-state index contributed by atoms with van der Waals surface area (Å²) in [6, 6.07) is 13.2. The fourth-order valence-electron chi connectivity index (χ4n) is 2.79. The molecule has 0 saturated carbocycles. The molecular weight excluding hydrogens is 336 g/mol. The summed E-state index contributed by atoms with van der Waals surface area (Å²) in [5.74, 6) is 0.567. The van der Waals surface area contributed by atoms with Crippen molar-refractivity contribution in [2.75, 3.05) is 0 Å². The maximum Gasteiger partial charge on any atom is 0.494 e. The van der Waals surface area contributed by atoms with E-state index < -0.39 is 7.12 Å². The quantitative estimate of drug-likeness (QED) is 0.637. The molecule has 128 valence electrons. The fraction of sp³-hybridized carbons (Fsp3) is 0.316. The number of oxazole rings is 1. The smallest absolute Gasteiger partial charge is 0.436 e. The van der Waals surface area contributed by atoms with E-state index in [-0.39, 0.29) is 11.2 Å². The van der Waals surface area contributed by atoms with Crippen molar-refractivity contribution in [1.82, 2.24) is 4.98 Å². The number of aromatic nitrogens is 1. The van der Waals surface area contributed by atoms with Crippen molar-refractivity contribution in [3.63, 3.8) is 0 Å². The van der Waals surface area contributed by atoms with Gasteiger partial charge in [-0.3, -0.25) is 0 Å². The largest absolute Gasteiger partial charge is 0.494 e. The number of rotatable bonds is 2. The first-order valence-corrected chi connectivity index (χ1v) is 8.65. The molecule has 0 radical (unpaired) electrons. The van der Waals surface area contributed by atoms with Gasteiger partial charge in [-0.25, -0.2) is 4.98 Å². The highest BCUT2D eigenvalue weighted by molar-refractivity contribution is 6.62. The number of benzene rings is 2. The molecule has 1 saturated heterocycles. The average Bonchev–Trinajstić information content (AvgIpc) is 3.05. The van der Waals surface area contributed by atoms with E-state index in [1.807, 2.05) is 70.2 Å². The highest BCUT2D eigenvalue weighted by atomic mass is 35.5. The minimum Gasteiger partial charge on any atom is -0.436 e. The lowest BCUT2D eigenvalue weighted by molar-refractivity contribution is 0.00578. The zero-order valence-corrected chi connectivity index (χ0v) is 15.4. The number of hydrogen-bond acceptors (Lipinski definition) is 4. The molecule has 0 atom stereocenters. The van der Waals surface area contributed by atoms with Crippen molar-refractivity contribution in [3.05, 3.63) is 47.5 Å². The standard InChI is InChI=1S/C19H19BClNO3/c1-18(2)19(3,4)25-20(24-18)13-7-10-16-15(11-13)22-17(23-16)12-5-8-14(21)9-6-12/h5-11H,1-4H3. The van der Waals surface area contributed by atoms with E-state index in [4.69, 9.17) is 25.3 Å². The molecule has 4 nitrogen and oxygen atoms in total. The lowest BCUT2D eigenvalue weighted by Crippen LogP contribution is -2.41. The van der Waals surface area contributed by atoms with Gasteiger partial charge in [0, 0.05) is 10.6 Å². The minimum atomic E-state index is -0.412. The molecule has 0 spiro atoms. The molecule has 6 heteroatoms. The zero-order chi connectivity index (χ0) is 17.8. The Morgan fingerprint density at radius 1 is 0.920 bits per heavy atom. The van der Waals surface area contributed by atoms with Crippen LogP contribution in [0.25, 0.3) is 22.6 Å². The summed E-state index contributed by atoms with van der Waals surface area (Å²) in [6.07, 6.45) is 0. The second-order valence-corrected chi connectivity index (χ2v) is 7.78. The first-order valence-electron chi connectivity index (χ1n) is 8.27. The van der Waals surface area contributed by atoms with E-state index in [0.717, 1.165) is 22.1 Å². The van der Waals surface area contributed by atoms with Crippen LogP contribution in [0.2, 0.25) is 5.02 Å². The van der Waals surface area contributed by atoms with E-state index in [2.05, 4.69) is 4.98 Å². The molecule has 2 heterocycles. The Hall–Kier alpha value is -1.82. The van der Waals surface area contributed by atoms with Crippen LogP contribution in [-0.2, 0) is 9.31 Å². The Morgan fingerprint density at radius 2 is 1.56 bits per heavy atom. The predicted molar refractivity (Wildman–Crippen MR) is 100 cm³/mol. The molecule has 2 aromatic carbocycles. The Kier molecular flexibility index (Phi) is 3.72. The van der Waals surface area contributed by atoms with Gasteiger partial charge in [-0.15, -0.1) is 0 Å². The summed E-state index contributed by atoms with van der Waals surface area (Å²) < 4.78 is 18.1. The lowest BCUT2D eigenvalue weighted by Gasteiger charge is -2.32. The normalized spacial score (nSPS) is 18.8. The van der Waals surface area contributed by atoms with Crippen LogP contribution in [0.3, 0.4) is 0 Å².